The number of benzene rings is 1. The summed E-state index contributed by atoms with van der Waals surface area (Å²) in [5.74, 6) is 2.50. The monoisotopic (exact) mass is 300 g/mol. The first-order chi connectivity index (χ1) is 10.2. The van der Waals surface area contributed by atoms with Gasteiger partial charge in [0.1, 0.15) is 11.6 Å². The number of hydrogen-bond acceptors (Lipinski definition) is 5. The second kappa shape index (κ2) is 6.05. The van der Waals surface area contributed by atoms with Gasteiger partial charge in [0, 0.05) is 11.8 Å². The number of aromatic nitrogens is 4. The summed E-state index contributed by atoms with van der Waals surface area (Å²) in [7, 11) is 1.66. The fourth-order valence-corrected chi connectivity index (χ4v) is 2.69. The molecule has 0 bridgehead atoms. The minimum atomic E-state index is 0.670. The highest BCUT2D eigenvalue weighted by molar-refractivity contribution is 7.09. The standard InChI is InChI=1S/C15H16N4OS/c1-10-16-12(9-21-10)8-15-17-14(18-19-15)7-11-3-5-13(20-2)6-4-11/h3-6,9H,7-8H2,1-2H3,(H,17,18,19). The van der Waals surface area contributed by atoms with E-state index >= 15 is 0 Å². The summed E-state index contributed by atoms with van der Waals surface area (Å²) < 4.78 is 5.15. The topological polar surface area (TPSA) is 63.7 Å². The highest BCUT2D eigenvalue weighted by atomic mass is 32.1. The summed E-state index contributed by atoms with van der Waals surface area (Å²) in [5, 5.41) is 10.4. The van der Waals surface area contributed by atoms with Crippen LogP contribution in [0.2, 0.25) is 0 Å². The van der Waals surface area contributed by atoms with E-state index in [0.717, 1.165) is 34.5 Å². The number of hydrogen-bond donors (Lipinski definition) is 1. The van der Waals surface area contributed by atoms with Crippen molar-refractivity contribution in [3.05, 3.63) is 57.6 Å². The number of aromatic amines is 1. The second-order valence-corrected chi connectivity index (χ2v) is 5.82. The Balaban J connectivity index is 1.66. The third-order valence-corrected chi connectivity index (χ3v) is 3.94. The minimum Gasteiger partial charge on any atom is -0.497 e. The van der Waals surface area contributed by atoms with Gasteiger partial charge in [0.2, 0.25) is 0 Å². The van der Waals surface area contributed by atoms with Crippen LogP contribution < -0.4 is 4.74 Å². The fourth-order valence-electron chi connectivity index (χ4n) is 2.08. The number of thiazole rings is 1. The number of aryl methyl sites for hydroxylation is 1. The normalized spacial score (nSPS) is 10.8. The highest BCUT2D eigenvalue weighted by Crippen LogP contribution is 2.14. The van der Waals surface area contributed by atoms with E-state index in [2.05, 4.69) is 25.5 Å². The molecule has 0 fully saturated rings. The van der Waals surface area contributed by atoms with Gasteiger partial charge in [0.15, 0.2) is 5.82 Å². The SMILES string of the molecule is COc1ccc(Cc2nc(Cc3csc(C)n3)n[nH]2)cc1. The molecule has 0 amide bonds. The summed E-state index contributed by atoms with van der Waals surface area (Å²) in [4.78, 5) is 8.95. The van der Waals surface area contributed by atoms with E-state index in [1.54, 1.807) is 18.4 Å². The molecule has 3 rings (SSSR count). The van der Waals surface area contributed by atoms with Crippen LogP contribution >= 0.6 is 11.3 Å². The van der Waals surface area contributed by atoms with E-state index in [1.807, 2.05) is 31.2 Å². The van der Waals surface area contributed by atoms with Gasteiger partial charge in [-0.1, -0.05) is 12.1 Å². The Labute approximate surface area is 127 Å². The second-order valence-electron chi connectivity index (χ2n) is 4.76. The Morgan fingerprint density at radius 1 is 1.14 bits per heavy atom. The van der Waals surface area contributed by atoms with Crippen LogP contribution in [0.4, 0.5) is 0 Å². The molecule has 2 aromatic heterocycles. The Hall–Kier alpha value is -2.21. The summed E-state index contributed by atoms with van der Waals surface area (Å²) >= 11 is 1.65. The largest absolute Gasteiger partial charge is 0.497 e. The molecule has 1 N–H and O–H groups in total. The van der Waals surface area contributed by atoms with E-state index in [1.165, 1.54) is 5.56 Å². The minimum absolute atomic E-state index is 0.670. The molecular weight excluding hydrogens is 284 g/mol. The van der Waals surface area contributed by atoms with Crippen LogP contribution in [0.5, 0.6) is 5.75 Å². The zero-order valence-corrected chi connectivity index (χ0v) is 12.8. The molecule has 0 saturated carbocycles. The average Bonchev–Trinajstić information content (AvgIpc) is 3.09. The van der Waals surface area contributed by atoms with Crippen molar-refractivity contribution in [3.8, 4) is 5.75 Å². The van der Waals surface area contributed by atoms with Crippen LogP contribution in [-0.4, -0.2) is 27.3 Å². The molecular formula is C15H16N4OS. The number of rotatable bonds is 5. The predicted molar refractivity (Wildman–Crippen MR) is 81.8 cm³/mol. The van der Waals surface area contributed by atoms with E-state index in [9.17, 15) is 0 Å². The first kappa shape index (κ1) is 13.8. The zero-order valence-electron chi connectivity index (χ0n) is 12.0. The molecule has 0 aliphatic carbocycles. The van der Waals surface area contributed by atoms with Crippen LogP contribution in [0.1, 0.15) is 27.9 Å². The van der Waals surface area contributed by atoms with Crippen molar-refractivity contribution in [2.75, 3.05) is 7.11 Å². The maximum atomic E-state index is 5.15. The fraction of sp³-hybridized carbons (Fsp3) is 0.267. The number of nitrogens with zero attached hydrogens (tertiary/aromatic N) is 3. The van der Waals surface area contributed by atoms with Gasteiger partial charge in [-0.05, 0) is 24.6 Å². The lowest BCUT2D eigenvalue weighted by Gasteiger charge is -2.01. The van der Waals surface area contributed by atoms with Gasteiger partial charge in [-0.2, -0.15) is 5.10 Å². The highest BCUT2D eigenvalue weighted by Gasteiger charge is 2.07. The van der Waals surface area contributed by atoms with Crippen LogP contribution in [0.25, 0.3) is 0 Å². The maximum absolute atomic E-state index is 5.15. The van der Waals surface area contributed by atoms with Crippen molar-refractivity contribution in [2.24, 2.45) is 0 Å². The van der Waals surface area contributed by atoms with Crippen molar-refractivity contribution in [1.82, 2.24) is 20.2 Å². The Morgan fingerprint density at radius 2 is 1.95 bits per heavy atom. The summed E-state index contributed by atoms with van der Waals surface area (Å²) in [6.45, 7) is 2.00. The lowest BCUT2D eigenvalue weighted by Crippen LogP contribution is -1.93. The smallest absolute Gasteiger partial charge is 0.156 e. The average molecular weight is 300 g/mol. The van der Waals surface area contributed by atoms with E-state index in [4.69, 9.17) is 4.74 Å². The number of H-pyrrole nitrogens is 1. The van der Waals surface area contributed by atoms with Gasteiger partial charge in [-0.15, -0.1) is 11.3 Å². The van der Waals surface area contributed by atoms with E-state index < -0.39 is 0 Å². The zero-order chi connectivity index (χ0) is 14.7. The van der Waals surface area contributed by atoms with Crippen molar-refractivity contribution >= 4 is 11.3 Å². The van der Waals surface area contributed by atoms with Crippen LogP contribution in [-0.2, 0) is 12.8 Å². The van der Waals surface area contributed by atoms with E-state index in [0.29, 0.717) is 6.42 Å². The molecule has 0 unspecified atom stereocenters. The van der Waals surface area contributed by atoms with Crippen molar-refractivity contribution in [3.63, 3.8) is 0 Å². The van der Waals surface area contributed by atoms with Crippen molar-refractivity contribution < 1.29 is 4.74 Å². The molecule has 0 aliphatic heterocycles. The summed E-state index contributed by atoms with van der Waals surface area (Å²) in [6, 6.07) is 7.96. The third-order valence-electron chi connectivity index (χ3n) is 3.11. The van der Waals surface area contributed by atoms with Crippen LogP contribution in [0.15, 0.2) is 29.6 Å². The van der Waals surface area contributed by atoms with Crippen molar-refractivity contribution in [2.45, 2.75) is 19.8 Å². The Morgan fingerprint density at radius 3 is 2.62 bits per heavy atom. The number of methoxy groups -OCH3 is 1. The molecule has 21 heavy (non-hydrogen) atoms. The Kier molecular flexibility index (Phi) is 3.96. The molecule has 0 spiro atoms. The molecule has 0 atom stereocenters. The van der Waals surface area contributed by atoms with Crippen LogP contribution in [0, 0.1) is 6.92 Å². The van der Waals surface area contributed by atoms with Crippen molar-refractivity contribution in [1.29, 1.82) is 0 Å². The van der Waals surface area contributed by atoms with Crippen LogP contribution in [0.3, 0.4) is 0 Å². The molecule has 0 aliphatic rings. The summed E-state index contributed by atoms with van der Waals surface area (Å²) in [5.41, 5.74) is 2.19. The molecule has 0 radical (unpaired) electrons. The first-order valence-electron chi connectivity index (χ1n) is 6.67. The van der Waals surface area contributed by atoms with Gasteiger partial charge >= 0.3 is 0 Å². The molecule has 108 valence electrons. The molecule has 2 heterocycles. The summed E-state index contributed by atoms with van der Waals surface area (Å²) in [6.07, 6.45) is 1.40. The number of ether oxygens (including phenoxy) is 1. The van der Waals surface area contributed by atoms with Gasteiger partial charge in [0.25, 0.3) is 0 Å². The number of nitrogens with one attached hydrogen (secondary N) is 1. The lowest BCUT2D eigenvalue weighted by atomic mass is 10.1. The van der Waals surface area contributed by atoms with Gasteiger partial charge in [-0.3, -0.25) is 5.10 Å². The lowest BCUT2D eigenvalue weighted by molar-refractivity contribution is 0.414. The maximum Gasteiger partial charge on any atom is 0.156 e. The Bertz CT molecular complexity index is 717. The van der Waals surface area contributed by atoms with Gasteiger partial charge in [0.05, 0.1) is 24.2 Å². The molecule has 5 nitrogen and oxygen atoms in total. The first-order valence-corrected chi connectivity index (χ1v) is 7.55. The predicted octanol–water partition coefficient (Wildman–Crippen LogP) is 2.76. The third kappa shape index (κ3) is 3.46. The molecule has 3 aromatic rings. The van der Waals surface area contributed by atoms with Gasteiger partial charge < -0.3 is 4.74 Å². The van der Waals surface area contributed by atoms with Gasteiger partial charge in [-0.25, -0.2) is 9.97 Å². The molecule has 6 heteroatoms. The molecule has 0 saturated heterocycles. The molecule has 1 aromatic carbocycles. The quantitative estimate of drug-likeness (QED) is 0.787. The van der Waals surface area contributed by atoms with E-state index in [-0.39, 0.29) is 0 Å².